The molecular formula is C12H22N4O4. The van der Waals surface area contributed by atoms with E-state index in [-0.39, 0.29) is 12.0 Å². The molecule has 0 aliphatic carbocycles. The van der Waals surface area contributed by atoms with Gasteiger partial charge in [-0.05, 0) is 25.9 Å². The molecule has 1 fully saturated rings. The number of carboxylic acid groups (broad SMARTS) is 1. The van der Waals surface area contributed by atoms with Crippen molar-refractivity contribution in [3.63, 3.8) is 0 Å². The van der Waals surface area contributed by atoms with Crippen LogP contribution >= 0.6 is 0 Å². The zero-order valence-corrected chi connectivity index (χ0v) is 11.8. The van der Waals surface area contributed by atoms with Gasteiger partial charge >= 0.3 is 12.0 Å². The average Bonchev–Trinajstić information content (AvgIpc) is 2.31. The summed E-state index contributed by atoms with van der Waals surface area (Å²) in [6.45, 7) is 3.77. The lowest BCUT2D eigenvalue weighted by atomic mass is 9.94. The zero-order chi connectivity index (χ0) is 15.3. The summed E-state index contributed by atoms with van der Waals surface area (Å²) < 4.78 is 0. The molecule has 0 radical (unpaired) electrons. The molecule has 8 nitrogen and oxygen atoms in total. The Morgan fingerprint density at radius 3 is 2.60 bits per heavy atom. The molecule has 1 aliphatic rings. The minimum Gasteiger partial charge on any atom is -0.480 e. The Kier molecular flexibility index (Phi) is 5.75. The SMILES string of the molecule is CC1CN(C)CCC1NC(=O)N[C@@H](CC(N)=O)C(=O)O. The van der Waals surface area contributed by atoms with Crippen molar-refractivity contribution in [1.82, 2.24) is 15.5 Å². The minimum absolute atomic E-state index is 0.00535. The van der Waals surface area contributed by atoms with Crippen LogP contribution in [0.5, 0.6) is 0 Å². The van der Waals surface area contributed by atoms with Gasteiger partial charge in [0.2, 0.25) is 5.91 Å². The van der Waals surface area contributed by atoms with Gasteiger partial charge in [0, 0.05) is 12.6 Å². The highest BCUT2D eigenvalue weighted by molar-refractivity contribution is 5.87. The highest BCUT2D eigenvalue weighted by Gasteiger charge is 2.27. The number of nitrogens with two attached hydrogens (primary N) is 1. The smallest absolute Gasteiger partial charge is 0.326 e. The molecule has 3 atom stereocenters. The van der Waals surface area contributed by atoms with E-state index >= 15 is 0 Å². The number of hydrogen-bond donors (Lipinski definition) is 4. The quantitative estimate of drug-likeness (QED) is 0.513. The normalized spacial score (nSPS) is 24.7. The van der Waals surface area contributed by atoms with Gasteiger partial charge in [-0.2, -0.15) is 0 Å². The summed E-state index contributed by atoms with van der Waals surface area (Å²) in [5, 5.41) is 13.9. The van der Waals surface area contributed by atoms with Crippen molar-refractivity contribution in [2.75, 3.05) is 20.1 Å². The van der Waals surface area contributed by atoms with Crippen LogP contribution in [0.3, 0.4) is 0 Å². The molecule has 2 unspecified atom stereocenters. The first-order valence-electron chi connectivity index (χ1n) is 6.56. The van der Waals surface area contributed by atoms with Gasteiger partial charge in [-0.15, -0.1) is 0 Å². The molecular weight excluding hydrogens is 264 g/mol. The van der Waals surface area contributed by atoms with Gasteiger partial charge in [0.1, 0.15) is 6.04 Å². The fourth-order valence-electron chi connectivity index (χ4n) is 2.34. The molecule has 5 N–H and O–H groups in total. The number of piperidine rings is 1. The van der Waals surface area contributed by atoms with E-state index in [9.17, 15) is 14.4 Å². The summed E-state index contributed by atoms with van der Waals surface area (Å²) in [6, 6.07) is -1.89. The lowest BCUT2D eigenvalue weighted by Gasteiger charge is -2.35. The first-order valence-corrected chi connectivity index (χ1v) is 6.56. The summed E-state index contributed by atoms with van der Waals surface area (Å²) >= 11 is 0. The van der Waals surface area contributed by atoms with Crippen molar-refractivity contribution in [2.45, 2.75) is 31.8 Å². The molecule has 1 aliphatic heterocycles. The third kappa shape index (κ3) is 5.04. The summed E-state index contributed by atoms with van der Waals surface area (Å²) in [7, 11) is 2.01. The first-order chi connectivity index (χ1) is 9.29. The van der Waals surface area contributed by atoms with E-state index in [0.717, 1.165) is 19.5 Å². The van der Waals surface area contributed by atoms with E-state index < -0.39 is 30.4 Å². The Morgan fingerprint density at radius 1 is 1.45 bits per heavy atom. The standard InChI is InChI=1S/C12H22N4O4/c1-7-6-16(2)4-3-8(7)14-12(20)15-9(11(18)19)5-10(13)17/h7-9H,3-6H2,1-2H3,(H2,13,17)(H,18,19)(H2,14,15,20)/t7?,8?,9-/m0/s1. The van der Waals surface area contributed by atoms with Gasteiger partial charge in [0.05, 0.1) is 6.42 Å². The molecule has 20 heavy (non-hydrogen) atoms. The van der Waals surface area contributed by atoms with Crippen LogP contribution < -0.4 is 16.4 Å². The van der Waals surface area contributed by atoms with Gasteiger partial charge in [-0.3, -0.25) is 4.79 Å². The summed E-state index contributed by atoms with van der Waals surface area (Å²) in [6.07, 6.45) is 0.379. The summed E-state index contributed by atoms with van der Waals surface area (Å²) in [5.74, 6) is -1.78. The number of hydrogen-bond acceptors (Lipinski definition) is 4. The highest BCUT2D eigenvalue weighted by Crippen LogP contribution is 2.15. The number of primary amides is 1. The number of carbonyl (C=O) groups excluding carboxylic acids is 2. The van der Waals surface area contributed by atoms with Crippen LogP contribution in [0, 0.1) is 5.92 Å². The second-order valence-corrected chi connectivity index (χ2v) is 5.31. The molecule has 3 amide bonds. The van der Waals surface area contributed by atoms with Crippen molar-refractivity contribution in [2.24, 2.45) is 11.7 Å². The Hall–Kier alpha value is -1.83. The Labute approximate surface area is 117 Å². The maximum absolute atomic E-state index is 11.8. The third-order valence-corrected chi connectivity index (χ3v) is 3.43. The zero-order valence-electron chi connectivity index (χ0n) is 11.8. The van der Waals surface area contributed by atoms with Gasteiger partial charge in [-0.25, -0.2) is 9.59 Å². The van der Waals surface area contributed by atoms with E-state index in [1.807, 2.05) is 14.0 Å². The molecule has 0 saturated carbocycles. The van der Waals surface area contributed by atoms with Crippen molar-refractivity contribution in [1.29, 1.82) is 0 Å². The monoisotopic (exact) mass is 286 g/mol. The molecule has 114 valence electrons. The number of aliphatic carboxylic acids is 1. The van der Waals surface area contributed by atoms with Gasteiger partial charge < -0.3 is 26.4 Å². The molecule has 1 heterocycles. The van der Waals surface area contributed by atoms with Crippen molar-refractivity contribution >= 4 is 17.9 Å². The maximum atomic E-state index is 11.8. The summed E-state index contributed by atoms with van der Waals surface area (Å²) in [5.41, 5.74) is 4.95. The molecule has 0 aromatic rings. The minimum atomic E-state index is -1.30. The predicted octanol–water partition coefficient (Wildman–Crippen LogP) is -1.05. The van der Waals surface area contributed by atoms with Gasteiger partial charge in [0.25, 0.3) is 0 Å². The van der Waals surface area contributed by atoms with Crippen molar-refractivity contribution in [3.8, 4) is 0 Å². The second kappa shape index (κ2) is 7.09. The van der Waals surface area contributed by atoms with Crippen molar-refractivity contribution < 1.29 is 19.5 Å². The number of urea groups is 1. The lowest BCUT2D eigenvalue weighted by Crippen LogP contribution is -2.54. The Balaban J connectivity index is 2.49. The second-order valence-electron chi connectivity index (χ2n) is 5.31. The number of carbonyl (C=O) groups is 3. The van der Waals surface area contributed by atoms with Crippen LogP contribution in [0.1, 0.15) is 19.8 Å². The number of likely N-dealkylation sites (tertiary alicyclic amines) is 1. The molecule has 1 rings (SSSR count). The van der Waals surface area contributed by atoms with E-state index in [0.29, 0.717) is 0 Å². The Morgan fingerprint density at radius 2 is 2.10 bits per heavy atom. The largest absolute Gasteiger partial charge is 0.480 e. The number of carboxylic acids is 1. The van der Waals surface area contributed by atoms with E-state index in [1.54, 1.807) is 0 Å². The number of rotatable bonds is 5. The maximum Gasteiger partial charge on any atom is 0.326 e. The van der Waals surface area contributed by atoms with Crippen LogP contribution in [0.25, 0.3) is 0 Å². The summed E-state index contributed by atoms with van der Waals surface area (Å²) in [4.78, 5) is 35.6. The molecule has 1 saturated heterocycles. The average molecular weight is 286 g/mol. The van der Waals surface area contributed by atoms with Crippen LogP contribution in [0.2, 0.25) is 0 Å². The van der Waals surface area contributed by atoms with Crippen LogP contribution in [-0.2, 0) is 9.59 Å². The Bertz CT molecular complexity index is 388. The predicted molar refractivity (Wildman–Crippen MR) is 72.0 cm³/mol. The molecule has 0 aromatic heterocycles. The third-order valence-electron chi connectivity index (χ3n) is 3.43. The van der Waals surface area contributed by atoms with Crippen LogP contribution in [-0.4, -0.2) is 60.1 Å². The van der Waals surface area contributed by atoms with E-state index in [4.69, 9.17) is 10.8 Å². The number of amides is 3. The van der Waals surface area contributed by atoms with Gasteiger partial charge in [-0.1, -0.05) is 6.92 Å². The first kappa shape index (κ1) is 16.2. The lowest BCUT2D eigenvalue weighted by molar-refractivity contribution is -0.140. The fourth-order valence-corrected chi connectivity index (χ4v) is 2.34. The van der Waals surface area contributed by atoms with Crippen LogP contribution in [0.15, 0.2) is 0 Å². The molecule has 0 aromatic carbocycles. The van der Waals surface area contributed by atoms with Crippen molar-refractivity contribution in [3.05, 3.63) is 0 Å². The number of nitrogens with zero attached hydrogens (tertiary/aromatic N) is 1. The fraction of sp³-hybridized carbons (Fsp3) is 0.750. The van der Waals surface area contributed by atoms with Crippen LogP contribution in [0.4, 0.5) is 4.79 Å². The molecule has 0 spiro atoms. The van der Waals surface area contributed by atoms with E-state index in [1.165, 1.54) is 0 Å². The highest BCUT2D eigenvalue weighted by atomic mass is 16.4. The molecule has 8 heteroatoms. The topological polar surface area (TPSA) is 125 Å². The number of nitrogens with one attached hydrogen (secondary N) is 2. The van der Waals surface area contributed by atoms with E-state index in [2.05, 4.69) is 15.5 Å². The van der Waals surface area contributed by atoms with Gasteiger partial charge in [0.15, 0.2) is 0 Å². The molecule has 0 bridgehead atoms.